The fourth-order valence-electron chi connectivity index (χ4n) is 3.05. The summed E-state index contributed by atoms with van der Waals surface area (Å²) in [6, 6.07) is 14.2. The quantitative estimate of drug-likeness (QED) is 0.251. The highest BCUT2D eigenvalue weighted by molar-refractivity contribution is 14.0. The van der Waals surface area contributed by atoms with Crippen LogP contribution in [0.1, 0.15) is 0 Å². The smallest absolute Gasteiger partial charge is 0.191 e. The monoisotopic (exact) mass is 564 g/mol. The van der Waals surface area contributed by atoms with Crippen LogP contribution in [0.25, 0.3) is 0 Å². The number of aliphatic imine (C=N–C) groups is 1. The SMILES string of the molecule is CS(=O)(=O)c1ccc(OCCN=C(N)N2CCN(c3ccc(Cl)cc3)CC2)cc1.I. The van der Waals surface area contributed by atoms with Gasteiger partial charge in [0, 0.05) is 43.1 Å². The van der Waals surface area contributed by atoms with E-state index in [1.165, 1.54) is 18.4 Å². The molecule has 0 unspecified atom stereocenters. The van der Waals surface area contributed by atoms with E-state index in [0.717, 1.165) is 36.9 Å². The first-order chi connectivity index (χ1) is 13.8. The van der Waals surface area contributed by atoms with Crippen molar-refractivity contribution in [1.82, 2.24) is 4.90 Å². The van der Waals surface area contributed by atoms with Gasteiger partial charge in [0.1, 0.15) is 12.4 Å². The molecule has 30 heavy (non-hydrogen) atoms. The Morgan fingerprint density at radius 3 is 2.23 bits per heavy atom. The zero-order chi connectivity index (χ0) is 20.9. The van der Waals surface area contributed by atoms with Crippen LogP contribution in [0, 0.1) is 0 Å². The van der Waals surface area contributed by atoms with E-state index in [1.807, 2.05) is 24.3 Å². The number of nitrogens with two attached hydrogens (primary N) is 1. The van der Waals surface area contributed by atoms with Crippen molar-refractivity contribution >= 4 is 57.1 Å². The number of piperazine rings is 1. The Hall–Kier alpha value is -1.72. The maximum Gasteiger partial charge on any atom is 0.191 e. The molecular weight excluding hydrogens is 539 g/mol. The van der Waals surface area contributed by atoms with Gasteiger partial charge in [-0.2, -0.15) is 0 Å². The fourth-order valence-corrected chi connectivity index (χ4v) is 3.81. The second-order valence-electron chi connectivity index (χ2n) is 6.78. The molecule has 1 saturated heterocycles. The van der Waals surface area contributed by atoms with Crippen molar-refractivity contribution < 1.29 is 13.2 Å². The van der Waals surface area contributed by atoms with E-state index >= 15 is 0 Å². The maximum absolute atomic E-state index is 11.5. The van der Waals surface area contributed by atoms with Gasteiger partial charge in [0.15, 0.2) is 15.8 Å². The van der Waals surface area contributed by atoms with Gasteiger partial charge < -0.3 is 20.3 Å². The second-order valence-corrected chi connectivity index (χ2v) is 9.23. The van der Waals surface area contributed by atoms with Gasteiger partial charge in [0.2, 0.25) is 0 Å². The molecule has 2 N–H and O–H groups in total. The van der Waals surface area contributed by atoms with Crippen LogP contribution in [0.2, 0.25) is 5.02 Å². The minimum absolute atomic E-state index is 0. The van der Waals surface area contributed by atoms with Crippen LogP contribution >= 0.6 is 35.6 Å². The maximum atomic E-state index is 11.5. The lowest BCUT2D eigenvalue weighted by Gasteiger charge is -2.36. The predicted molar refractivity (Wildman–Crippen MR) is 132 cm³/mol. The van der Waals surface area contributed by atoms with Crippen LogP contribution in [-0.4, -0.2) is 64.9 Å². The van der Waals surface area contributed by atoms with Crippen molar-refractivity contribution in [3.63, 3.8) is 0 Å². The van der Waals surface area contributed by atoms with E-state index in [4.69, 9.17) is 22.1 Å². The van der Waals surface area contributed by atoms with Crippen LogP contribution in [0.3, 0.4) is 0 Å². The summed E-state index contributed by atoms with van der Waals surface area (Å²) >= 11 is 5.95. The average Bonchev–Trinajstić information content (AvgIpc) is 2.71. The molecule has 0 aromatic heterocycles. The first-order valence-electron chi connectivity index (χ1n) is 9.31. The standard InChI is InChI=1S/C20H25ClN4O3S.HI/c1-29(26,27)19-8-6-18(7-9-19)28-15-10-23-20(22)25-13-11-24(12-14-25)17-4-2-16(21)3-5-17;/h2-9H,10-15H2,1H3,(H2,22,23);1H. The molecule has 0 saturated carbocycles. The lowest BCUT2D eigenvalue weighted by Crippen LogP contribution is -2.51. The largest absolute Gasteiger partial charge is 0.492 e. The summed E-state index contributed by atoms with van der Waals surface area (Å²) in [7, 11) is -3.20. The van der Waals surface area contributed by atoms with Crippen LogP contribution in [0.15, 0.2) is 58.4 Å². The number of guanidine groups is 1. The number of benzene rings is 2. The Balaban J connectivity index is 0.00000320. The van der Waals surface area contributed by atoms with Gasteiger partial charge in [-0.25, -0.2) is 13.4 Å². The molecule has 0 bridgehead atoms. The number of halogens is 2. The molecule has 0 atom stereocenters. The normalized spacial score (nSPS) is 14.9. The molecular formula is C20H26ClIN4O3S. The predicted octanol–water partition coefficient (Wildman–Crippen LogP) is 2.88. The molecule has 2 aromatic rings. The molecule has 10 heteroatoms. The Morgan fingerprint density at radius 1 is 1.07 bits per heavy atom. The van der Waals surface area contributed by atoms with Gasteiger partial charge in [-0.15, -0.1) is 24.0 Å². The number of nitrogens with zero attached hydrogens (tertiary/aromatic N) is 3. The van der Waals surface area contributed by atoms with Gasteiger partial charge in [-0.1, -0.05) is 11.6 Å². The van der Waals surface area contributed by atoms with Crippen molar-refractivity contribution in [3.05, 3.63) is 53.6 Å². The molecule has 0 amide bonds. The van der Waals surface area contributed by atoms with Crippen LogP contribution in [-0.2, 0) is 9.84 Å². The highest BCUT2D eigenvalue weighted by atomic mass is 127. The third kappa shape index (κ3) is 6.92. The van der Waals surface area contributed by atoms with Gasteiger partial charge in [0.05, 0.1) is 11.4 Å². The first kappa shape index (κ1) is 24.5. The van der Waals surface area contributed by atoms with Gasteiger partial charge in [-0.05, 0) is 48.5 Å². The molecule has 3 rings (SSSR count). The lowest BCUT2D eigenvalue weighted by molar-refractivity contribution is 0.326. The Bertz CT molecular complexity index is 945. The van der Waals surface area contributed by atoms with Crippen LogP contribution in [0.5, 0.6) is 5.75 Å². The summed E-state index contributed by atoms with van der Waals surface area (Å²) in [6.07, 6.45) is 1.18. The topological polar surface area (TPSA) is 88.2 Å². The van der Waals surface area contributed by atoms with E-state index in [9.17, 15) is 8.42 Å². The van der Waals surface area contributed by atoms with Crippen molar-refractivity contribution in [2.75, 3.05) is 50.5 Å². The second kappa shape index (κ2) is 11.1. The fraction of sp³-hybridized carbons (Fsp3) is 0.350. The highest BCUT2D eigenvalue weighted by Gasteiger charge is 2.18. The first-order valence-corrected chi connectivity index (χ1v) is 11.6. The van der Waals surface area contributed by atoms with E-state index in [-0.39, 0.29) is 28.9 Å². The number of rotatable bonds is 6. The van der Waals surface area contributed by atoms with Crippen LogP contribution < -0.4 is 15.4 Å². The molecule has 1 fully saturated rings. The molecule has 1 aliphatic rings. The molecule has 1 aliphatic heterocycles. The van der Waals surface area contributed by atoms with E-state index in [0.29, 0.717) is 24.9 Å². The minimum atomic E-state index is -3.20. The zero-order valence-electron chi connectivity index (χ0n) is 16.7. The Kier molecular flexibility index (Phi) is 9.05. The van der Waals surface area contributed by atoms with Gasteiger partial charge >= 0.3 is 0 Å². The number of hydrogen-bond donors (Lipinski definition) is 1. The summed E-state index contributed by atoms with van der Waals surface area (Å²) in [6.45, 7) is 4.11. The highest BCUT2D eigenvalue weighted by Crippen LogP contribution is 2.19. The number of hydrogen-bond acceptors (Lipinski definition) is 5. The average molecular weight is 565 g/mol. The summed E-state index contributed by atoms with van der Waals surface area (Å²) in [5, 5.41) is 0.734. The molecule has 0 spiro atoms. The van der Waals surface area contributed by atoms with E-state index < -0.39 is 9.84 Å². The molecule has 7 nitrogen and oxygen atoms in total. The summed E-state index contributed by atoms with van der Waals surface area (Å²) in [4.78, 5) is 9.02. The number of anilines is 1. The van der Waals surface area contributed by atoms with Crippen LogP contribution in [0.4, 0.5) is 5.69 Å². The molecule has 164 valence electrons. The van der Waals surface area contributed by atoms with Gasteiger partial charge in [-0.3, -0.25) is 0 Å². The van der Waals surface area contributed by atoms with Crippen molar-refractivity contribution in [1.29, 1.82) is 0 Å². The third-order valence-corrected chi connectivity index (χ3v) is 6.06. The van der Waals surface area contributed by atoms with Gasteiger partial charge in [0.25, 0.3) is 0 Å². The molecule has 1 heterocycles. The molecule has 0 radical (unpaired) electrons. The third-order valence-electron chi connectivity index (χ3n) is 4.68. The summed E-state index contributed by atoms with van der Waals surface area (Å²) in [5.74, 6) is 1.11. The summed E-state index contributed by atoms with van der Waals surface area (Å²) in [5.41, 5.74) is 7.27. The molecule has 0 aliphatic carbocycles. The number of ether oxygens (including phenoxy) is 1. The van der Waals surface area contributed by atoms with Crippen molar-refractivity contribution in [2.45, 2.75) is 4.90 Å². The van der Waals surface area contributed by atoms with E-state index in [1.54, 1.807) is 12.1 Å². The minimum Gasteiger partial charge on any atom is -0.492 e. The number of sulfone groups is 1. The lowest BCUT2D eigenvalue weighted by atomic mass is 10.2. The van der Waals surface area contributed by atoms with E-state index in [2.05, 4.69) is 14.8 Å². The Morgan fingerprint density at radius 2 is 1.67 bits per heavy atom. The molecule has 2 aromatic carbocycles. The van der Waals surface area contributed by atoms with Crippen molar-refractivity contribution in [3.8, 4) is 5.75 Å². The zero-order valence-corrected chi connectivity index (χ0v) is 20.6. The van der Waals surface area contributed by atoms with Crippen molar-refractivity contribution in [2.24, 2.45) is 10.7 Å². The summed E-state index contributed by atoms with van der Waals surface area (Å²) < 4.78 is 28.5. The Labute approximate surface area is 199 Å².